The lowest BCUT2D eigenvalue weighted by atomic mass is 10.1. The van der Waals surface area contributed by atoms with E-state index < -0.39 is 0 Å². The van der Waals surface area contributed by atoms with Crippen LogP contribution in [-0.4, -0.2) is 49.7 Å². The molecule has 1 aromatic rings. The molecule has 1 atom stereocenters. The summed E-state index contributed by atoms with van der Waals surface area (Å²) in [5, 5.41) is 6.12. The zero-order chi connectivity index (χ0) is 15.9. The van der Waals surface area contributed by atoms with Gasteiger partial charge in [-0.1, -0.05) is 24.3 Å². The van der Waals surface area contributed by atoms with Gasteiger partial charge in [0.05, 0.1) is 6.61 Å². The molecule has 0 saturated carbocycles. The SMILES string of the molecule is CC(C)N(C)Cc1cccc(CNC(=O)C2CNCCO2)c1. The molecule has 0 bridgehead atoms. The summed E-state index contributed by atoms with van der Waals surface area (Å²) in [6.45, 7) is 7.81. The molecule has 1 aliphatic heterocycles. The third-order valence-electron chi connectivity index (χ3n) is 3.99. The molecule has 0 aromatic heterocycles. The minimum absolute atomic E-state index is 0.0445. The fraction of sp³-hybridized carbons (Fsp3) is 0.588. The summed E-state index contributed by atoms with van der Waals surface area (Å²) in [5.74, 6) is -0.0445. The Balaban J connectivity index is 1.86. The number of amides is 1. The maximum absolute atomic E-state index is 12.0. The molecule has 2 rings (SSSR count). The summed E-state index contributed by atoms with van der Waals surface area (Å²) in [7, 11) is 2.12. The number of hydrogen-bond acceptors (Lipinski definition) is 4. The van der Waals surface area contributed by atoms with Crippen LogP contribution in [-0.2, 0) is 22.6 Å². The molecule has 122 valence electrons. The highest BCUT2D eigenvalue weighted by atomic mass is 16.5. The topological polar surface area (TPSA) is 53.6 Å². The van der Waals surface area contributed by atoms with Crippen LogP contribution in [0.15, 0.2) is 24.3 Å². The second-order valence-electron chi connectivity index (χ2n) is 6.11. The van der Waals surface area contributed by atoms with Gasteiger partial charge in [-0.15, -0.1) is 0 Å². The van der Waals surface area contributed by atoms with Gasteiger partial charge in [0, 0.05) is 32.2 Å². The molecule has 1 aliphatic rings. The summed E-state index contributed by atoms with van der Waals surface area (Å²) < 4.78 is 5.45. The first-order valence-electron chi connectivity index (χ1n) is 7.94. The Morgan fingerprint density at radius 1 is 1.45 bits per heavy atom. The van der Waals surface area contributed by atoms with Crippen LogP contribution in [0.1, 0.15) is 25.0 Å². The Labute approximate surface area is 133 Å². The third kappa shape index (κ3) is 5.09. The van der Waals surface area contributed by atoms with E-state index in [9.17, 15) is 4.79 Å². The number of carbonyl (C=O) groups is 1. The second-order valence-corrected chi connectivity index (χ2v) is 6.11. The lowest BCUT2D eigenvalue weighted by Gasteiger charge is -2.23. The van der Waals surface area contributed by atoms with E-state index in [1.54, 1.807) is 0 Å². The molecule has 1 amide bonds. The summed E-state index contributed by atoms with van der Waals surface area (Å²) in [6.07, 6.45) is -0.371. The highest BCUT2D eigenvalue weighted by Gasteiger charge is 2.21. The largest absolute Gasteiger partial charge is 0.366 e. The highest BCUT2D eigenvalue weighted by Crippen LogP contribution is 2.09. The summed E-state index contributed by atoms with van der Waals surface area (Å²) in [6, 6.07) is 8.87. The van der Waals surface area contributed by atoms with Gasteiger partial charge in [0.1, 0.15) is 6.10 Å². The maximum atomic E-state index is 12.0. The molecule has 1 fully saturated rings. The molecule has 2 N–H and O–H groups in total. The lowest BCUT2D eigenvalue weighted by molar-refractivity contribution is -0.134. The molecule has 0 radical (unpaired) electrons. The predicted molar refractivity (Wildman–Crippen MR) is 87.5 cm³/mol. The normalized spacial score (nSPS) is 18.7. The van der Waals surface area contributed by atoms with E-state index in [-0.39, 0.29) is 12.0 Å². The molecule has 5 nitrogen and oxygen atoms in total. The Morgan fingerprint density at radius 3 is 2.91 bits per heavy atom. The predicted octanol–water partition coefficient (Wildman–Crippen LogP) is 1.13. The number of hydrogen-bond donors (Lipinski definition) is 2. The van der Waals surface area contributed by atoms with Gasteiger partial charge in [0.25, 0.3) is 5.91 Å². The van der Waals surface area contributed by atoms with Crippen molar-refractivity contribution in [2.24, 2.45) is 0 Å². The van der Waals surface area contributed by atoms with Crippen molar-refractivity contribution in [2.45, 2.75) is 39.1 Å². The van der Waals surface area contributed by atoms with Crippen molar-refractivity contribution in [2.75, 3.05) is 26.7 Å². The van der Waals surface area contributed by atoms with Crippen molar-refractivity contribution in [1.29, 1.82) is 0 Å². The third-order valence-corrected chi connectivity index (χ3v) is 3.99. The first-order chi connectivity index (χ1) is 10.6. The summed E-state index contributed by atoms with van der Waals surface area (Å²) >= 11 is 0. The molecule has 1 saturated heterocycles. The van der Waals surface area contributed by atoms with Gasteiger partial charge in [-0.05, 0) is 32.0 Å². The Hall–Kier alpha value is -1.43. The van der Waals surface area contributed by atoms with Crippen LogP contribution in [0.2, 0.25) is 0 Å². The molecule has 0 spiro atoms. The average molecular weight is 305 g/mol. The van der Waals surface area contributed by atoms with Gasteiger partial charge in [-0.3, -0.25) is 9.69 Å². The van der Waals surface area contributed by atoms with Gasteiger partial charge in [0.2, 0.25) is 0 Å². The fourth-order valence-electron chi connectivity index (χ4n) is 2.35. The van der Waals surface area contributed by atoms with Gasteiger partial charge in [-0.25, -0.2) is 0 Å². The van der Waals surface area contributed by atoms with Crippen LogP contribution in [0, 0.1) is 0 Å². The first-order valence-corrected chi connectivity index (χ1v) is 7.94. The van der Waals surface area contributed by atoms with Crippen LogP contribution in [0.4, 0.5) is 0 Å². The van der Waals surface area contributed by atoms with E-state index in [1.807, 2.05) is 12.1 Å². The van der Waals surface area contributed by atoms with Crippen LogP contribution < -0.4 is 10.6 Å². The minimum atomic E-state index is -0.371. The number of ether oxygens (including phenoxy) is 1. The van der Waals surface area contributed by atoms with Crippen molar-refractivity contribution in [1.82, 2.24) is 15.5 Å². The fourth-order valence-corrected chi connectivity index (χ4v) is 2.35. The number of nitrogens with one attached hydrogen (secondary N) is 2. The highest BCUT2D eigenvalue weighted by molar-refractivity contribution is 5.81. The summed E-state index contributed by atoms with van der Waals surface area (Å²) in [5.41, 5.74) is 2.38. The summed E-state index contributed by atoms with van der Waals surface area (Å²) in [4.78, 5) is 14.3. The standard InChI is InChI=1S/C17H27N3O2/c1-13(2)20(3)12-15-6-4-5-14(9-15)10-19-17(21)16-11-18-7-8-22-16/h4-6,9,13,16,18H,7-8,10-12H2,1-3H3,(H,19,21). The van der Waals surface area contributed by atoms with E-state index >= 15 is 0 Å². The van der Waals surface area contributed by atoms with E-state index in [2.05, 4.69) is 48.6 Å². The lowest BCUT2D eigenvalue weighted by Crippen LogP contribution is -2.47. The molecule has 5 heteroatoms. The molecular formula is C17H27N3O2. The van der Waals surface area contributed by atoms with Gasteiger partial charge in [-0.2, -0.15) is 0 Å². The monoisotopic (exact) mass is 305 g/mol. The van der Waals surface area contributed by atoms with Crippen molar-refractivity contribution >= 4 is 5.91 Å². The Bertz CT molecular complexity index is 485. The van der Waals surface area contributed by atoms with Gasteiger partial charge in [0.15, 0.2) is 0 Å². The molecular weight excluding hydrogens is 278 g/mol. The quantitative estimate of drug-likeness (QED) is 0.827. The van der Waals surface area contributed by atoms with Crippen molar-refractivity contribution in [3.63, 3.8) is 0 Å². The van der Waals surface area contributed by atoms with Crippen LogP contribution >= 0.6 is 0 Å². The smallest absolute Gasteiger partial charge is 0.250 e. The maximum Gasteiger partial charge on any atom is 0.250 e. The van der Waals surface area contributed by atoms with E-state index in [4.69, 9.17) is 4.74 Å². The second kappa shape index (κ2) is 8.27. The van der Waals surface area contributed by atoms with Gasteiger partial charge >= 0.3 is 0 Å². The first kappa shape index (κ1) is 16.9. The Kier molecular flexibility index (Phi) is 6.36. The van der Waals surface area contributed by atoms with Crippen molar-refractivity contribution in [3.05, 3.63) is 35.4 Å². The van der Waals surface area contributed by atoms with E-state index in [1.165, 1.54) is 5.56 Å². The number of nitrogens with zero attached hydrogens (tertiary/aromatic N) is 1. The molecule has 1 unspecified atom stereocenters. The van der Waals surface area contributed by atoms with Gasteiger partial charge < -0.3 is 15.4 Å². The van der Waals surface area contributed by atoms with E-state index in [0.29, 0.717) is 25.7 Å². The average Bonchev–Trinajstić information content (AvgIpc) is 2.53. The zero-order valence-corrected chi connectivity index (χ0v) is 13.8. The number of benzene rings is 1. The van der Waals surface area contributed by atoms with Crippen molar-refractivity contribution < 1.29 is 9.53 Å². The molecule has 1 aromatic carbocycles. The number of morpholine rings is 1. The molecule has 0 aliphatic carbocycles. The van der Waals surface area contributed by atoms with E-state index in [0.717, 1.165) is 18.7 Å². The van der Waals surface area contributed by atoms with Crippen LogP contribution in [0.3, 0.4) is 0 Å². The van der Waals surface area contributed by atoms with Crippen LogP contribution in [0.25, 0.3) is 0 Å². The number of carbonyl (C=O) groups excluding carboxylic acids is 1. The minimum Gasteiger partial charge on any atom is -0.366 e. The van der Waals surface area contributed by atoms with Crippen molar-refractivity contribution in [3.8, 4) is 0 Å². The zero-order valence-electron chi connectivity index (χ0n) is 13.8. The molecule has 1 heterocycles. The molecule has 22 heavy (non-hydrogen) atoms. The number of rotatable bonds is 6. The Morgan fingerprint density at radius 2 is 2.23 bits per heavy atom. The van der Waals surface area contributed by atoms with Crippen LogP contribution in [0.5, 0.6) is 0 Å².